The molecule has 0 unspecified atom stereocenters. The van der Waals surface area contributed by atoms with Crippen molar-refractivity contribution in [1.29, 1.82) is 0 Å². The molecular formula is C21H19N3O4S. The minimum absolute atomic E-state index is 0.0983. The Balaban J connectivity index is 1.29. The lowest BCUT2D eigenvalue weighted by molar-refractivity contribution is -0.117. The van der Waals surface area contributed by atoms with Gasteiger partial charge < -0.3 is 14.6 Å². The molecule has 0 saturated carbocycles. The summed E-state index contributed by atoms with van der Waals surface area (Å²) in [7, 11) is 0. The summed E-state index contributed by atoms with van der Waals surface area (Å²) in [5.41, 5.74) is 2.13. The number of thiophene rings is 1. The van der Waals surface area contributed by atoms with Crippen LogP contribution < -0.4 is 10.5 Å². The van der Waals surface area contributed by atoms with Crippen LogP contribution in [0, 0.1) is 0 Å². The Labute approximate surface area is 170 Å². The molecule has 1 aliphatic heterocycles. The molecule has 3 aromatic rings. The fourth-order valence-corrected chi connectivity index (χ4v) is 5.31. The zero-order valence-electron chi connectivity index (χ0n) is 15.7. The highest BCUT2D eigenvalue weighted by Crippen LogP contribution is 2.34. The molecule has 29 heavy (non-hydrogen) atoms. The standard InChI is InChI=1S/C21H19N3O4S/c25-17-5-2-10-24(17)13-8-6-12(7-9-13)21(27)28-11-16-22-19(26)18-14-3-1-4-15(14)29-20(18)23-16/h6-9H,1-5,10-11H2,(H,22,23,26). The summed E-state index contributed by atoms with van der Waals surface area (Å²) in [5, 5.41) is 0.685. The molecule has 2 aliphatic rings. The van der Waals surface area contributed by atoms with Gasteiger partial charge in [0.05, 0.1) is 10.9 Å². The Morgan fingerprint density at radius 3 is 2.72 bits per heavy atom. The zero-order valence-corrected chi connectivity index (χ0v) is 16.5. The van der Waals surface area contributed by atoms with Crippen molar-refractivity contribution in [3.63, 3.8) is 0 Å². The number of aryl methyl sites for hydroxylation is 2. The van der Waals surface area contributed by atoms with Crippen LogP contribution in [0.5, 0.6) is 0 Å². The van der Waals surface area contributed by atoms with E-state index in [1.807, 2.05) is 0 Å². The van der Waals surface area contributed by atoms with Crippen molar-refractivity contribution in [1.82, 2.24) is 9.97 Å². The number of esters is 1. The molecule has 1 N–H and O–H groups in total. The summed E-state index contributed by atoms with van der Waals surface area (Å²) in [6.07, 6.45) is 4.42. The van der Waals surface area contributed by atoms with Crippen LogP contribution in [0.15, 0.2) is 29.1 Å². The van der Waals surface area contributed by atoms with Crippen molar-refractivity contribution in [2.45, 2.75) is 38.7 Å². The third kappa shape index (κ3) is 3.23. The molecule has 2 aromatic heterocycles. The number of nitrogens with zero attached hydrogens (tertiary/aromatic N) is 2. The van der Waals surface area contributed by atoms with Crippen molar-refractivity contribution in [2.24, 2.45) is 0 Å². The van der Waals surface area contributed by atoms with E-state index in [1.165, 1.54) is 4.88 Å². The van der Waals surface area contributed by atoms with Crippen LogP contribution in [0.25, 0.3) is 10.2 Å². The summed E-state index contributed by atoms with van der Waals surface area (Å²) in [6.45, 7) is 0.606. The molecule has 1 aromatic carbocycles. The second-order valence-electron chi connectivity index (χ2n) is 7.32. The SMILES string of the molecule is O=C(OCc1nc2sc3c(c2c(=O)[nH]1)CCC3)c1ccc(N2CCCC2=O)cc1. The highest BCUT2D eigenvalue weighted by Gasteiger charge is 2.23. The lowest BCUT2D eigenvalue weighted by Crippen LogP contribution is -2.23. The Bertz CT molecular complexity index is 1180. The van der Waals surface area contributed by atoms with Gasteiger partial charge in [0.1, 0.15) is 17.3 Å². The topological polar surface area (TPSA) is 92.4 Å². The van der Waals surface area contributed by atoms with Gasteiger partial charge in [-0.25, -0.2) is 9.78 Å². The number of aromatic nitrogens is 2. The van der Waals surface area contributed by atoms with E-state index in [0.717, 1.165) is 36.9 Å². The lowest BCUT2D eigenvalue weighted by atomic mass is 10.2. The lowest BCUT2D eigenvalue weighted by Gasteiger charge is -2.15. The maximum atomic E-state index is 12.5. The molecule has 0 spiro atoms. The molecule has 5 rings (SSSR count). The third-order valence-corrected chi connectivity index (χ3v) is 6.64. The van der Waals surface area contributed by atoms with E-state index in [4.69, 9.17) is 4.74 Å². The number of H-pyrrole nitrogens is 1. The molecule has 1 saturated heterocycles. The van der Waals surface area contributed by atoms with E-state index in [2.05, 4.69) is 9.97 Å². The van der Waals surface area contributed by atoms with Crippen molar-refractivity contribution < 1.29 is 14.3 Å². The molecule has 7 nitrogen and oxygen atoms in total. The number of aromatic amines is 1. The van der Waals surface area contributed by atoms with Gasteiger partial charge in [0, 0.05) is 23.5 Å². The van der Waals surface area contributed by atoms with Crippen LogP contribution in [0.3, 0.4) is 0 Å². The van der Waals surface area contributed by atoms with E-state index >= 15 is 0 Å². The van der Waals surface area contributed by atoms with Gasteiger partial charge in [-0.1, -0.05) is 0 Å². The van der Waals surface area contributed by atoms with Gasteiger partial charge in [-0.3, -0.25) is 9.59 Å². The van der Waals surface area contributed by atoms with E-state index < -0.39 is 5.97 Å². The monoisotopic (exact) mass is 409 g/mol. The summed E-state index contributed by atoms with van der Waals surface area (Å²) >= 11 is 1.56. The fourth-order valence-electron chi connectivity index (χ4n) is 4.03. The predicted octanol–water partition coefficient (Wildman–Crippen LogP) is 2.96. The summed E-state index contributed by atoms with van der Waals surface area (Å²) in [4.78, 5) is 47.5. The second kappa shape index (κ2) is 7.11. The van der Waals surface area contributed by atoms with E-state index in [1.54, 1.807) is 40.5 Å². The molecule has 3 heterocycles. The number of rotatable bonds is 4. The quantitative estimate of drug-likeness (QED) is 0.669. The van der Waals surface area contributed by atoms with Crippen LogP contribution in [0.2, 0.25) is 0 Å². The molecule has 1 aliphatic carbocycles. The van der Waals surface area contributed by atoms with Crippen molar-refractivity contribution in [3.8, 4) is 0 Å². The number of carbonyl (C=O) groups excluding carboxylic acids is 2. The first kappa shape index (κ1) is 18.1. The Morgan fingerprint density at radius 2 is 1.97 bits per heavy atom. The van der Waals surface area contributed by atoms with E-state index in [9.17, 15) is 14.4 Å². The van der Waals surface area contributed by atoms with Gasteiger partial charge in [0.25, 0.3) is 5.56 Å². The minimum atomic E-state index is -0.499. The van der Waals surface area contributed by atoms with Gasteiger partial charge in [0.15, 0.2) is 0 Å². The molecule has 8 heteroatoms. The summed E-state index contributed by atoms with van der Waals surface area (Å²) in [6, 6.07) is 6.79. The molecule has 0 radical (unpaired) electrons. The summed E-state index contributed by atoms with van der Waals surface area (Å²) in [5.74, 6) is -0.0546. The van der Waals surface area contributed by atoms with Gasteiger partial charge in [-0.2, -0.15) is 0 Å². The van der Waals surface area contributed by atoms with Crippen molar-refractivity contribution >= 4 is 39.1 Å². The van der Waals surface area contributed by atoms with Crippen molar-refractivity contribution in [2.75, 3.05) is 11.4 Å². The first-order valence-electron chi connectivity index (χ1n) is 9.71. The smallest absolute Gasteiger partial charge is 0.338 e. The van der Waals surface area contributed by atoms with E-state index in [-0.39, 0.29) is 18.1 Å². The Hall–Kier alpha value is -3.00. The first-order chi connectivity index (χ1) is 14.1. The fraction of sp³-hybridized carbons (Fsp3) is 0.333. The number of nitrogens with one attached hydrogen (secondary N) is 1. The number of benzene rings is 1. The van der Waals surface area contributed by atoms with Gasteiger partial charge >= 0.3 is 5.97 Å². The predicted molar refractivity (Wildman–Crippen MR) is 109 cm³/mol. The minimum Gasteiger partial charge on any atom is -0.454 e. The maximum absolute atomic E-state index is 12.5. The number of carbonyl (C=O) groups is 2. The van der Waals surface area contributed by atoms with Crippen molar-refractivity contribution in [3.05, 3.63) is 56.4 Å². The molecule has 1 amide bonds. The van der Waals surface area contributed by atoms with Gasteiger partial charge in [-0.15, -0.1) is 11.3 Å². The number of hydrogen-bond acceptors (Lipinski definition) is 6. The van der Waals surface area contributed by atoms with Gasteiger partial charge in [0.2, 0.25) is 5.91 Å². The normalized spacial score (nSPS) is 15.9. The molecular weight excluding hydrogens is 390 g/mol. The average Bonchev–Trinajstić information content (AvgIpc) is 3.42. The number of anilines is 1. The van der Waals surface area contributed by atoms with Crippen LogP contribution in [0.1, 0.15) is 45.9 Å². The largest absolute Gasteiger partial charge is 0.454 e. The van der Waals surface area contributed by atoms with Gasteiger partial charge in [-0.05, 0) is 55.5 Å². The first-order valence-corrected chi connectivity index (χ1v) is 10.5. The number of hydrogen-bond donors (Lipinski definition) is 1. The molecule has 0 atom stereocenters. The van der Waals surface area contributed by atoms with Crippen LogP contribution in [-0.4, -0.2) is 28.4 Å². The second-order valence-corrected chi connectivity index (χ2v) is 8.41. The van der Waals surface area contributed by atoms with E-state index in [0.29, 0.717) is 34.6 Å². The third-order valence-electron chi connectivity index (χ3n) is 5.45. The van der Waals surface area contributed by atoms with Crippen LogP contribution >= 0.6 is 11.3 Å². The Morgan fingerprint density at radius 1 is 1.14 bits per heavy atom. The Kier molecular flexibility index (Phi) is 4.43. The highest BCUT2D eigenvalue weighted by molar-refractivity contribution is 7.18. The zero-order chi connectivity index (χ0) is 20.0. The number of amides is 1. The summed E-state index contributed by atoms with van der Waals surface area (Å²) < 4.78 is 5.33. The molecule has 1 fully saturated rings. The highest BCUT2D eigenvalue weighted by atomic mass is 32.1. The van der Waals surface area contributed by atoms with Crippen LogP contribution in [0.4, 0.5) is 5.69 Å². The number of fused-ring (bicyclic) bond motifs is 3. The molecule has 148 valence electrons. The number of ether oxygens (including phenoxy) is 1. The maximum Gasteiger partial charge on any atom is 0.338 e. The molecule has 0 bridgehead atoms. The van der Waals surface area contributed by atoms with Crippen LogP contribution in [-0.2, 0) is 29.0 Å². The average molecular weight is 409 g/mol.